The molecule has 0 spiro atoms. The summed E-state index contributed by atoms with van der Waals surface area (Å²) in [7, 11) is -4.02. The van der Waals surface area contributed by atoms with Crippen molar-refractivity contribution in [2.75, 3.05) is 18.8 Å². The number of aliphatic imine (C=N–C) groups is 1. The van der Waals surface area contributed by atoms with Crippen LogP contribution in [0.3, 0.4) is 0 Å². The highest BCUT2D eigenvalue weighted by atomic mass is 35.5. The Bertz CT molecular complexity index is 885. The molecule has 1 aliphatic rings. The molecule has 2 aromatic rings. The van der Waals surface area contributed by atoms with Gasteiger partial charge in [-0.2, -0.15) is 8.42 Å². The summed E-state index contributed by atoms with van der Waals surface area (Å²) in [6.07, 6.45) is 0. The van der Waals surface area contributed by atoms with Crippen LogP contribution in [0.25, 0.3) is 0 Å². The molecule has 7 nitrogen and oxygen atoms in total. The van der Waals surface area contributed by atoms with Crippen LogP contribution in [0.1, 0.15) is 5.56 Å². The zero-order chi connectivity index (χ0) is 19.3. The van der Waals surface area contributed by atoms with Gasteiger partial charge in [0.1, 0.15) is 5.69 Å². The lowest BCUT2D eigenvalue weighted by Crippen LogP contribution is -2.23. The molecule has 1 aliphatic heterocycles. The van der Waals surface area contributed by atoms with Crippen LogP contribution in [-0.2, 0) is 10.1 Å². The summed E-state index contributed by atoms with van der Waals surface area (Å²) >= 11 is 12.0. The Hall–Kier alpha value is -2.00. The van der Waals surface area contributed by atoms with Crippen LogP contribution in [-0.4, -0.2) is 32.0 Å². The van der Waals surface area contributed by atoms with E-state index in [9.17, 15) is 8.42 Å². The first-order chi connectivity index (χ1) is 12.2. The third kappa shape index (κ3) is 5.77. The van der Waals surface area contributed by atoms with Gasteiger partial charge in [-0.05, 0) is 31.2 Å². The number of nitrogen functional groups attached to an aromatic ring is 1. The number of nitrogens with one attached hydrogen (secondary N) is 2. The number of guanidine groups is 1. The van der Waals surface area contributed by atoms with Crippen LogP contribution in [0.4, 0.5) is 11.4 Å². The van der Waals surface area contributed by atoms with Crippen LogP contribution >= 0.6 is 23.2 Å². The van der Waals surface area contributed by atoms with E-state index in [-0.39, 0.29) is 4.90 Å². The monoisotopic (exact) mass is 416 g/mol. The zero-order valence-corrected chi connectivity index (χ0v) is 16.2. The molecule has 2 aromatic carbocycles. The number of nitrogens with zero attached hydrogens (tertiary/aromatic N) is 1. The molecular formula is C16H18Cl2N4O3S. The molecular weight excluding hydrogens is 399 g/mol. The number of anilines is 1. The molecule has 26 heavy (non-hydrogen) atoms. The van der Waals surface area contributed by atoms with Crippen LogP contribution in [0.5, 0.6) is 0 Å². The van der Waals surface area contributed by atoms with Gasteiger partial charge in [0, 0.05) is 18.8 Å². The van der Waals surface area contributed by atoms with E-state index in [0.717, 1.165) is 18.7 Å². The summed E-state index contributed by atoms with van der Waals surface area (Å²) in [5, 5.41) is 7.02. The summed E-state index contributed by atoms with van der Waals surface area (Å²) in [5.74, 6) is 0.684. The topological polar surface area (TPSA) is 117 Å². The Morgan fingerprint density at radius 3 is 2.04 bits per heavy atom. The first kappa shape index (κ1) is 20.3. The molecule has 0 saturated carbocycles. The number of hydrogen-bond acceptors (Lipinski definition) is 4. The van der Waals surface area contributed by atoms with Gasteiger partial charge in [-0.25, -0.2) is 4.99 Å². The molecule has 10 heteroatoms. The van der Waals surface area contributed by atoms with Gasteiger partial charge in [0.25, 0.3) is 10.1 Å². The summed E-state index contributed by atoms with van der Waals surface area (Å²) in [5.41, 5.74) is 7.60. The van der Waals surface area contributed by atoms with E-state index in [4.69, 9.17) is 33.5 Å². The average molecular weight is 417 g/mol. The van der Waals surface area contributed by atoms with Crippen molar-refractivity contribution < 1.29 is 13.0 Å². The molecule has 3 rings (SSSR count). The van der Waals surface area contributed by atoms with E-state index in [1.165, 1.54) is 12.1 Å². The van der Waals surface area contributed by atoms with Gasteiger partial charge >= 0.3 is 0 Å². The van der Waals surface area contributed by atoms with Crippen molar-refractivity contribution in [2.24, 2.45) is 4.99 Å². The molecule has 140 valence electrons. The maximum absolute atomic E-state index is 10.5. The van der Waals surface area contributed by atoms with Crippen LogP contribution in [0, 0.1) is 6.92 Å². The average Bonchev–Trinajstić information content (AvgIpc) is 3.04. The van der Waals surface area contributed by atoms with Crippen molar-refractivity contribution in [1.29, 1.82) is 0 Å². The normalized spacial score (nSPS) is 13.3. The molecule has 0 bridgehead atoms. The number of rotatable bonds is 2. The van der Waals surface area contributed by atoms with Crippen molar-refractivity contribution in [1.82, 2.24) is 10.6 Å². The van der Waals surface area contributed by atoms with E-state index in [2.05, 4.69) is 15.6 Å². The number of hydrogen-bond donors (Lipinski definition) is 4. The molecule has 0 aliphatic carbocycles. The minimum atomic E-state index is -4.02. The summed E-state index contributed by atoms with van der Waals surface area (Å²) in [6, 6.07) is 9.24. The third-order valence-electron chi connectivity index (χ3n) is 3.29. The van der Waals surface area contributed by atoms with Gasteiger partial charge in [-0.3, -0.25) is 4.55 Å². The molecule has 0 atom stereocenters. The van der Waals surface area contributed by atoms with Crippen LogP contribution in [0.15, 0.2) is 46.3 Å². The van der Waals surface area contributed by atoms with Gasteiger partial charge in [0.15, 0.2) is 5.96 Å². The van der Waals surface area contributed by atoms with Crippen molar-refractivity contribution in [3.63, 3.8) is 0 Å². The van der Waals surface area contributed by atoms with Gasteiger partial charge in [0.05, 0.1) is 14.9 Å². The number of aryl methyl sites for hydroxylation is 1. The standard InChI is InChI=1S/C9H10Cl2N4.C7H8O3S/c10-6-3-5(12)4-7(11)8(6)15-9-13-1-2-14-9;1-6-2-4-7(5-3-6)11(8,9)10/h3-4H,1-2,12H2,(H2,13,14,15);2-5H,1H3,(H,8,9,10). The van der Waals surface area contributed by atoms with Crippen molar-refractivity contribution in [2.45, 2.75) is 11.8 Å². The highest BCUT2D eigenvalue weighted by Crippen LogP contribution is 2.35. The molecule has 1 fully saturated rings. The summed E-state index contributed by atoms with van der Waals surface area (Å²) < 4.78 is 29.6. The minimum Gasteiger partial charge on any atom is -0.399 e. The Balaban J connectivity index is 0.000000197. The fourth-order valence-corrected chi connectivity index (χ4v) is 3.09. The van der Waals surface area contributed by atoms with Crippen molar-refractivity contribution in [3.05, 3.63) is 52.0 Å². The smallest absolute Gasteiger partial charge is 0.294 e. The second kappa shape index (κ2) is 8.59. The lowest BCUT2D eigenvalue weighted by atomic mass is 10.2. The summed E-state index contributed by atoms with van der Waals surface area (Å²) in [4.78, 5) is 4.21. The van der Waals surface area contributed by atoms with E-state index in [1.54, 1.807) is 24.3 Å². The largest absolute Gasteiger partial charge is 0.399 e. The van der Waals surface area contributed by atoms with E-state index < -0.39 is 10.1 Å². The Morgan fingerprint density at radius 1 is 1.08 bits per heavy atom. The lowest BCUT2D eigenvalue weighted by molar-refractivity contribution is 0.483. The Kier molecular flexibility index (Phi) is 6.71. The molecule has 1 heterocycles. The number of benzene rings is 2. The molecule has 0 unspecified atom stereocenters. The van der Waals surface area contributed by atoms with Gasteiger partial charge in [-0.1, -0.05) is 40.9 Å². The highest BCUT2D eigenvalue weighted by molar-refractivity contribution is 7.85. The number of nitrogens with two attached hydrogens (primary N) is 1. The van der Waals surface area contributed by atoms with Crippen molar-refractivity contribution in [3.8, 4) is 0 Å². The second-order valence-electron chi connectivity index (χ2n) is 5.44. The first-order valence-electron chi connectivity index (χ1n) is 7.52. The van der Waals surface area contributed by atoms with E-state index >= 15 is 0 Å². The zero-order valence-electron chi connectivity index (χ0n) is 13.8. The van der Waals surface area contributed by atoms with Crippen LogP contribution < -0.4 is 16.4 Å². The fraction of sp³-hybridized carbons (Fsp3) is 0.188. The molecule has 0 amide bonds. The van der Waals surface area contributed by atoms with E-state index in [0.29, 0.717) is 27.4 Å². The van der Waals surface area contributed by atoms with E-state index in [1.807, 2.05) is 6.92 Å². The third-order valence-corrected chi connectivity index (χ3v) is 4.74. The van der Waals surface area contributed by atoms with Gasteiger partial charge in [-0.15, -0.1) is 0 Å². The quantitative estimate of drug-likeness (QED) is 0.441. The predicted molar refractivity (Wildman–Crippen MR) is 105 cm³/mol. The maximum Gasteiger partial charge on any atom is 0.294 e. The SMILES string of the molecule is Cc1ccc(S(=O)(=O)O)cc1.Nc1cc(Cl)c(N=C2NCCN2)c(Cl)c1. The Labute approximate surface area is 162 Å². The fourth-order valence-electron chi connectivity index (χ4n) is 2.02. The molecule has 1 saturated heterocycles. The summed E-state index contributed by atoms with van der Waals surface area (Å²) in [6.45, 7) is 3.54. The van der Waals surface area contributed by atoms with Crippen LogP contribution in [0.2, 0.25) is 10.0 Å². The maximum atomic E-state index is 10.5. The molecule has 0 aromatic heterocycles. The van der Waals surface area contributed by atoms with Gasteiger partial charge in [0.2, 0.25) is 0 Å². The first-order valence-corrected chi connectivity index (χ1v) is 9.71. The highest BCUT2D eigenvalue weighted by Gasteiger charge is 2.10. The number of halogens is 2. The van der Waals surface area contributed by atoms with Crippen molar-refractivity contribution >= 4 is 50.7 Å². The molecule has 0 radical (unpaired) electrons. The Morgan fingerprint density at radius 2 is 1.58 bits per heavy atom. The second-order valence-corrected chi connectivity index (χ2v) is 7.67. The predicted octanol–water partition coefficient (Wildman–Crippen LogP) is 3.00. The minimum absolute atomic E-state index is 0.0666. The van der Waals surface area contributed by atoms with Gasteiger partial charge < -0.3 is 16.4 Å². The lowest BCUT2D eigenvalue weighted by Gasteiger charge is -2.05. The molecule has 5 N–H and O–H groups in total.